The molecule has 0 saturated heterocycles. The van der Waals surface area contributed by atoms with Gasteiger partial charge in [-0.2, -0.15) is 0 Å². The highest BCUT2D eigenvalue weighted by atomic mass is 32.2. The SMILES string of the molecule is CNc1ncccc1S(=O)(=O)NC(C)c1cc(C)oc1C. The first-order valence-electron chi connectivity index (χ1n) is 6.57. The number of aromatic nitrogens is 1. The lowest BCUT2D eigenvalue weighted by Crippen LogP contribution is -2.27. The van der Waals surface area contributed by atoms with Gasteiger partial charge < -0.3 is 9.73 Å². The number of hydrogen-bond donors (Lipinski definition) is 2. The van der Waals surface area contributed by atoms with Crippen molar-refractivity contribution in [1.29, 1.82) is 0 Å². The molecule has 2 aromatic rings. The molecule has 0 aliphatic rings. The highest BCUT2D eigenvalue weighted by Crippen LogP contribution is 2.24. The van der Waals surface area contributed by atoms with Crippen molar-refractivity contribution in [1.82, 2.24) is 9.71 Å². The van der Waals surface area contributed by atoms with Gasteiger partial charge in [-0.1, -0.05) is 0 Å². The molecule has 0 fully saturated rings. The van der Waals surface area contributed by atoms with Crippen molar-refractivity contribution >= 4 is 15.8 Å². The van der Waals surface area contributed by atoms with Gasteiger partial charge in [-0.15, -0.1) is 0 Å². The van der Waals surface area contributed by atoms with Crippen LogP contribution in [0.1, 0.15) is 30.0 Å². The maximum atomic E-state index is 12.5. The van der Waals surface area contributed by atoms with Crippen LogP contribution in [0.4, 0.5) is 5.82 Å². The summed E-state index contributed by atoms with van der Waals surface area (Å²) in [5, 5.41) is 2.78. The predicted octanol–water partition coefficient (Wildman–Crippen LogP) is 2.37. The van der Waals surface area contributed by atoms with Crippen LogP contribution < -0.4 is 10.0 Å². The molecular formula is C14H19N3O3S. The third kappa shape index (κ3) is 3.25. The summed E-state index contributed by atoms with van der Waals surface area (Å²) in [6.45, 7) is 5.43. The van der Waals surface area contributed by atoms with Gasteiger partial charge in [-0.3, -0.25) is 0 Å². The zero-order valence-corrected chi connectivity index (χ0v) is 13.3. The van der Waals surface area contributed by atoms with Crippen LogP contribution in [0, 0.1) is 13.8 Å². The van der Waals surface area contributed by atoms with Gasteiger partial charge in [0.1, 0.15) is 22.2 Å². The molecule has 1 atom stereocenters. The van der Waals surface area contributed by atoms with E-state index in [2.05, 4.69) is 15.0 Å². The van der Waals surface area contributed by atoms with E-state index in [9.17, 15) is 8.42 Å². The Balaban J connectivity index is 2.31. The fraction of sp³-hybridized carbons (Fsp3) is 0.357. The monoisotopic (exact) mass is 309 g/mol. The predicted molar refractivity (Wildman–Crippen MR) is 80.7 cm³/mol. The highest BCUT2D eigenvalue weighted by Gasteiger charge is 2.23. The van der Waals surface area contributed by atoms with Crippen molar-refractivity contribution in [3.8, 4) is 0 Å². The van der Waals surface area contributed by atoms with Gasteiger partial charge in [0.2, 0.25) is 10.0 Å². The average Bonchev–Trinajstić information content (AvgIpc) is 2.77. The van der Waals surface area contributed by atoms with Crippen molar-refractivity contribution < 1.29 is 12.8 Å². The molecule has 21 heavy (non-hydrogen) atoms. The average molecular weight is 309 g/mol. The zero-order valence-electron chi connectivity index (χ0n) is 12.5. The Kier molecular flexibility index (Phi) is 4.34. The minimum atomic E-state index is -3.67. The molecule has 2 aromatic heterocycles. The van der Waals surface area contributed by atoms with E-state index in [4.69, 9.17) is 4.42 Å². The third-order valence-corrected chi connectivity index (χ3v) is 4.75. The number of rotatable bonds is 5. The molecule has 0 amide bonds. The van der Waals surface area contributed by atoms with Crippen molar-refractivity contribution in [3.63, 3.8) is 0 Å². The molecule has 0 radical (unpaired) electrons. The first kappa shape index (κ1) is 15.5. The Hall–Kier alpha value is -1.86. The van der Waals surface area contributed by atoms with E-state index in [1.165, 1.54) is 12.3 Å². The minimum absolute atomic E-state index is 0.122. The van der Waals surface area contributed by atoms with Crippen LogP contribution in [-0.4, -0.2) is 20.4 Å². The summed E-state index contributed by atoms with van der Waals surface area (Å²) in [5.41, 5.74) is 0.825. The lowest BCUT2D eigenvalue weighted by molar-refractivity contribution is 0.496. The van der Waals surface area contributed by atoms with Gasteiger partial charge in [-0.05, 0) is 39.0 Å². The second-order valence-corrected chi connectivity index (χ2v) is 6.49. The fourth-order valence-corrected chi connectivity index (χ4v) is 3.62. The summed E-state index contributed by atoms with van der Waals surface area (Å²) in [7, 11) is -2.04. The van der Waals surface area contributed by atoms with E-state index in [0.29, 0.717) is 11.6 Å². The highest BCUT2D eigenvalue weighted by molar-refractivity contribution is 7.89. The number of aryl methyl sites for hydroxylation is 2. The molecule has 2 N–H and O–H groups in total. The van der Waals surface area contributed by atoms with Gasteiger partial charge >= 0.3 is 0 Å². The Morgan fingerprint density at radius 2 is 2.05 bits per heavy atom. The van der Waals surface area contributed by atoms with E-state index in [-0.39, 0.29) is 4.90 Å². The first-order valence-corrected chi connectivity index (χ1v) is 8.05. The number of furan rings is 1. The molecule has 0 bridgehead atoms. The van der Waals surface area contributed by atoms with Crippen LogP contribution in [0.3, 0.4) is 0 Å². The molecule has 6 nitrogen and oxygen atoms in total. The van der Waals surface area contributed by atoms with Gasteiger partial charge in [0.25, 0.3) is 0 Å². The Morgan fingerprint density at radius 1 is 1.33 bits per heavy atom. The molecule has 1 unspecified atom stereocenters. The summed E-state index contributed by atoms with van der Waals surface area (Å²) in [6.07, 6.45) is 1.54. The lowest BCUT2D eigenvalue weighted by Gasteiger charge is -2.15. The molecule has 0 saturated carbocycles. The lowest BCUT2D eigenvalue weighted by atomic mass is 10.1. The summed E-state index contributed by atoms with van der Waals surface area (Å²) >= 11 is 0. The smallest absolute Gasteiger partial charge is 0.244 e. The Morgan fingerprint density at radius 3 is 2.62 bits per heavy atom. The van der Waals surface area contributed by atoms with E-state index in [1.807, 2.05) is 19.9 Å². The third-order valence-electron chi connectivity index (χ3n) is 3.17. The minimum Gasteiger partial charge on any atom is -0.466 e. The zero-order chi connectivity index (χ0) is 15.6. The van der Waals surface area contributed by atoms with Crippen LogP contribution in [0.2, 0.25) is 0 Å². The largest absolute Gasteiger partial charge is 0.466 e. The fourth-order valence-electron chi connectivity index (χ4n) is 2.24. The van der Waals surface area contributed by atoms with Gasteiger partial charge in [-0.25, -0.2) is 18.1 Å². The van der Waals surface area contributed by atoms with Crippen LogP contribution >= 0.6 is 0 Å². The molecule has 2 rings (SSSR count). The van der Waals surface area contributed by atoms with E-state index in [0.717, 1.165) is 11.3 Å². The summed E-state index contributed by atoms with van der Waals surface area (Å²) < 4.78 is 33.1. The van der Waals surface area contributed by atoms with Crippen molar-refractivity contribution in [3.05, 3.63) is 41.5 Å². The summed E-state index contributed by atoms with van der Waals surface area (Å²) in [5.74, 6) is 1.78. The Labute approximate surface area is 124 Å². The molecule has 0 spiro atoms. The van der Waals surface area contributed by atoms with Crippen molar-refractivity contribution in [2.45, 2.75) is 31.7 Å². The summed E-state index contributed by atoms with van der Waals surface area (Å²) in [4.78, 5) is 4.14. The summed E-state index contributed by atoms with van der Waals surface area (Å²) in [6, 6.07) is 4.55. The quantitative estimate of drug-likeness (QED) is 0.886. The van der Waals surface area contributed by atoms with E-state index < -0.39 is 16.1 Å². The molecule has 7 heteroatoms. The second kappa shape index (κ2) is 5.87. The standard InChI is InChI=1S/C14H19N3O3S/c1-9-8-12(11(3)20-9)10(2)17-21(18,19)13-6-5-7-16-14(13)15-4/h5-8,10,17H,1-4H3,(H,15,16). The van der Waals surface area contributed by atoms with Crippen LogP contribution in [-0.2, 0) is 10.0 Å². The van der Waals surface area contributed by atoms with Gasteiger partial charge in [0.05, 0.1) is 0 Å². The maximum Gasteiger partial charge on any atom is 0.244 e. The molecule has 114 valence electrons. The van der Waals surface area contributed by atoms with Crippen molar-refractivity contribution in [2.75, 3.05) is 12.4 Å². The number of nitrogens with one attached hydrogen (secondary N) is 2. The van der Waals surface area contributed by atoms with E-state index in [1.54, 1.807) is 20.0 Å². The number of sulfonamides is 1. The molecule has 0 aliphatic heterocycles. The van der Waals surface area contributed by atoms with Crippen LogP contribution in [0.5, 0.6) is 0 Å². The van der Waals surface area contributed by atoms with Gasteiger partial charge in [0, 0.05) is 24.8 Å². The number of pyridine rings is 1. The normalized spacial score (nSPS) is 13.1. The topological polar surface area (TPSA) is 84.2 Å². The number of anilines is 1. The van der Waals surface area contributed by atoms with Crippen molar-refractivity contribution in [2.24, 2.45) is 0 Å². The maximum absolute atomic E-state index is 12.5. The second-order valence-electron chi connectivity index (χ2n) is 4.81. The van der Waals surface area contributed by atoms with Crippen LogP contribution in [0.25, 0.3) is 0 Å². The molecular weight excluding hydrogens is 290 g/mol. The number of nitrogens with zero attached hydrogens (tertiary/aromatic N) is 1. The molecule has 0 aliphatic carbocycles. The first-order chi connectivity index (χ1) is 9.85. The number of hydrogen-bond acceptors (Lipinski definition) is 5. The van der Waals surface area contributed by atoms with E-state index >= 15 is 0 Å². The Bertz CT molecular complexity index is 738. The molecule has 0 aromatic carbocycles. The van der Waals surface area contributed by atoms with Gasteiger partial charge in [0.15, 0.2) is 0 Å². The van der Waals surface area contributed by atoms with Crippen LogP contribution in [0.15, 0.2) is 33.7 Å². The molecule has 2 heterocycles.